The lowest BCUT2D eigenvalue weighted by atomic mass is 9.54. The van der Waals surface area contributed by atoms with Gasteiger partial charge in [0.1, 0.15) is 0 Å². The van der Waals surface area contributed by atoms with Crippen LogP contribution in [0, 0.1) is 0 Å². The summed E-state index contributed by atoms with van der Waals surface area (Å²) in [4.78, 5) is 0. The molecule has 0 aromatic heterocycles. The predicted octanol–water partition coefficient (Wildman–Crippen LogP) is -1.39. The molecule has 0 heterocycles. The number of hydrogen-bond donors (Lipinski definition) is 1. The van der Waals surface area contributed by atoms with Gasteiger partial charge in [-0.05, 0) is 13.6 Å². The summed E-state index contributed by atoms with van der Waals surface area (Å²) < 4.78 is 0. The first-order valence-corrected chi connectivity index (χ1v) is 2.56. The second-order valence-electron chi connectivity index (χ2n) is 1.46. The lowest BCUT2D eigenvalue weighted by molar-refractivity contribution is 0.861. The fourth-order valence-electron chi connectivity index (χ4n) is 0.354. The summed E-state index contributed by atoms with van der Waals surface area (Å²) in [6.45, 7) is 1.16. The van der Waals surface area contributed by atoms with Crippen LogP contribution in [0.25, 0.3) is 0 Å². The van der Waals surface area contributed by atoms with Gasteiger partial charge in [0.05, 0.1) is 14.9 Å². The van der Waals surface area contributed by atoms with E-state index in [4.69, 9.17) is 0 Å². The van der Waals surface area contributed by atoms with Crippen molar-refractivity contribution in [3.63, 3.8) is 0 Å². The Morgan fingerprint density at radius 1 is 1.83 bits per heavy atom. The van der Waals surface area contributed by atoms with Crippen molar-refractivity contribution in [3.05, 3.63) is 0 Å². The molecule has 0 aromatic carbocycles. The maximum Gasteiger partial charge on any atom is 0.0837 e. The molecule has 0 fully saturated rings. The third-order valence-corrected chi connectivity index (χ3v) is 0.780. The third kappa shape index (κ3) is 4.09. The van der Waals surface area contributed by atoms with Crippen molar-refractivity contribution in [3.8, 4) is 0 Å². The van der Waals surface area contributed by atoms with Crippen molar-refractivity contribution in [1.29, 1.82) is 0 Å². The highest BCUT2D eigenvalue weighted by Gasteiger charge is 1.76. The van der Waals surface area contributed by atoms with Gasteiger partial charge in [0.15, 0.2) is 0 Å². The van der Waals surface area contributed by atoms with E-state index in [9.17, 15) is 0 Å². The van der Waals surface area contributed by atoms with Crippen molar-refractivity contribution >= 4 is 14.9 Å². The molecule has 0 saturated carbocycles. The smallest absolute Gasteiger partial charge is 0.0837 e. The molecule has 0 amide bonds. The summed E-state index contributed by atoms with van der Waals surface area (Å²) in [5.41, 5.74) is 0. The zero-order valence-corrected chi connectivity index (χ0v) is 4.62. The average Bonchev–Trinajstić information content (AvgIpc) is 1.61. The summed E-state index contributed by atoms with van der Waals surface area (Å²) >= 11 is 0. The van der Waals surface area contributed by atoms with E-state index in [1.807, 2.05) is 7.05 Å². The van der Waals surface area contributed by atoms with Crippen LogP contribution in [0.3, 0.4) is 0 Å². The van der Waals surface area contributed by atoms with Gasteiger partial charge >= 0.3 is 0 Å². The Bertz CT molecular complexity index is 20.8. The second kappa shape index (κ2) is 5.09. The summed E-state index contributed by atoms with van der Waals surface area (Å²) in [7, 11) is 5.47. The predicted molar refractivity (Wildman–Crippen MR) is 34.4 cm³/mol. The van der Waals surface area contributed by atoms with Gasteiger partial charge in [-0.3, -0.25) is 0 Å². The van der Waals surface area contributed by atoms with Gasteiger partial charge in [0.2, 0.25) is 0 Å². The van der Waals surface area contributed by atoms with Gasteiger partial charge in [0, 0.05) is 0 Å². The number of hydrogen-bond acceptors (Lipinski definition) is 1. The summed E-state index contributed by atoms with van der Waals surface area (Å²) in [5.74, 6) is 0. The molecule has 0 aliphatic rings. The second-order valence-corrected chi connectivity index (χ2v) is 1.46. The van der Waals surface area contributed by atoms with Crippen LogP contribution in [0.1, 0.15) is 0 Å². The topological polar surface area (TPSA) is 12.0 Å². The molecule has 0 radical (unpaired) electrons. The highest BCUT2D eigenvalue weighted by Crippen LogP contribution is 1.64. The molecule has 0 aliphatic heterocycles. The SMILES string of the molecule is BBCCNC. The fourth-order valence-corrected chi connectivity index (χ4v) is 0.354. The zero-order valence-electron chi connectivity index (χ0n) is 4.62. The molecule has 0 rings (SSSR count). The van der Waals surface area contributed by atoms with Crippen LogP contribution >= 0.6 is 0 Å². The van der Waals surface area contributed by atoms with Crippen LogP contribution in [0.4, 0.5) is 0 Å². The maximum atomic E-state index is 3.07. The van der Waals surface area contributed by atoms with Crippen LogP contribution in [0.5, 0.6) is 0 Å². The van der Waals surface area contributed by atoms with Gasteiger partial charge in [-0.1, -0.05) is 6.32 Å². The Hall–Kier alpha value is 0.0899. The molecule has 0 saturated heterocycles. The molecule has 0 aromatic rings. The lowest BCUT2D eigenvalue weighted by Gasteiger charge is -1.88. The molecule has 3 heteroatoms. The zero-order chi connectivity index (χ0) is 4.83. The first-order chi connectivity index (χ1) is 2.91. The van der Waals surface area contributed by atoms with Gasteiger partial charge < -0.3 is 5.32 Å². The average molecular weight is 82.8 g/mol. The standard InChI is InChI=1S/C3H11B2N/c1-6-3-2-5-4/h5-6H,2-4H2,1H3. The van der Waals surface area contributed by atoms with Crippen molar-refractivity contribution in [2.45, 2.75) is 6.32 Å². The minimum Gasteiger partial charge on any atom is -0.320 e. The minimum absolute atomic E-state index is 1.16. The summed E-state index contributed by atoms with van der Waals surface area (Å²) in [6.07, 6.45) is 1.30. The molecular weight excluding hydrogens is 71.7 g/mol. The monoisotopic (exact) mass is 83.1 g/mol. The Kier molecular flexibility index (Phi) is 5.17. The van der Waals surface area contributed by atoms with Crippen LogP contribution in [0.15, 0.2) is 0 Å². The minimum atomic E-state index is 1.16. The Morgan fingerprint density at radius 2 is 2.50 bits per heavy atom. The van der Waals surface area contributed by atoms with Gasteiger partial charge in [-0.15, -0.1) is 0 Å². The van der Waals surface area contributed by atoms with E-state index in [1.165, 1.54) is 13.5 Å². The Labute approximate surface area is 41.1 Å². The third-order valence-electron chi connectivity index (χ3n) is 0.780. The van der Waals surface area contributed by atoms with Gasteiger partial charge in [0.25, 0.3) is 0 Å². The number of rotatable bonds is 3. The highest BCUT2D eigenvalue weighted by molar-refractivity contribution is 6.89. The summed E-state index contributed by atoms with van der Waals surface area (Å²) in [5, 5.41) is 3.07. The molecule has 1 N–H and O–H groups in total. The molecule has 0 spiro atoms. The van der Waals surface area contributed by atoms with Gasteiger partial charge in [-0.25, -0.2) is 0 Å². The van der Waals surface area contributed by atoms with E-state index in [0.717, 1.165) is 6.54 Å². The first-order valence-electron chi connectivity index (χ1n) is 2.56. The van der Waals surface area contributed by atoms with Crippen molar-refractivity contribution in [1.82, 2.24) is 5.32 Å². The Balaban J connectivity index is 2.34. The van der Waals surface area contributed by atoms with Crippen LogP contribution in [-0.2, 0) is 0 Å². The molecule has 6 heavy (non-hydrogen) atoms. The van der Waals surface area contributed by atoms with Crippen molar-refractivity contribution in [2.75, 3.05) is 13.6 Å². The normalized spacial score (nSPS) is 8.17. The summed E-state index contributed by atoms with van der Waals surface area (Å²) in [6, 6.07) is 0. The number of nitrogens with one attached hydrogen (secondary N) is 1. The quantitative estimate of drug-likeness (QED) is 0.327. The van der Waals surface area contributed by atoms with E-state index in [-0.39, 0.29) is 0 Å². The van der Waals surface area contributed by atoms with E-state index in [2.05, 4.69) is 13.1 Å². The molecule has 0 aliphatic carbocycles. The van der Waals surface area contributed by atoms with Crippen LogP contribution in [-0.4, -0.2) is 28.5 Å². The molecule has 34 valence electrons. The molecule has 0 atom stereocenters. The van der Waals surface area contributed by atoms with Crippen LogP contribution < -0.4 is 5.32 Å². The van der Waals surface area contributed by atoms with E-state index in [1.54, 1.807) is 0 Å². The molecule has 0 unspecified atom stereocenters. The van der Waals surface area contributed by atoms with E-state index >= 15 is 0 Å². The fraction of sp³-hybridized carbons (Fsp3) is 1.00. The van der Waals surface area contributed by atoms with E-state index in [0.29, 0.717) is 0 Å². The van der Waals surface area contributed by atoms with E-state index < -0.39 is 0 Å². The molecular formula is C3H11B2N. The van der Waals surface area contributed by atoms with Crippen LogP contribution in [0.2, 0.25) is 6.32 Å². The Morgan fingerprint density at radius 3 is 2.67 bits per heavy atom. The van der Waals surface area contributed by atoms with Crippen molar-refractivity contribution in [2.24, 2.45) is 0 Å². The first kappa shape index (κ1) is 6.09. The van der Waals surface area contributed by atoms with Crippen molar-refractivity contribution < 1.29 is 0 Å². The largest absolute Gasteiger partial charge is 0.320 e. The lowest BCUT2D eigenvalue weighted by Crippen LogP contribution is -2.09. The molecule has 0 bridgehead atoms. The molecule has 1 nitrogen and oxygen atoms in total. The highest BCUT2D eigenvalue weighted by atomic mass is 14.8. The van der Waals surface area contributed by atoms with Gasteiger partial charge in [-0.2, -0.15) is 0 Å². The maximum absolute atomic E-state index is 3.07.